The van der Waals surface area contributed by atoms with Crippen molar-refractivity contribution in [2.24, 2.45) is 17.6 Å². The van der Waals surface area contributed by atoms with Gasteiger partial charge in [-0.05, 0) is 36.3 Å². The number of fused-ring (bicyclic) bond motifs is 1. The van der Waals surface area contributed by atoms with Gasteiger partial charge in [0.15, 0.2) is 0 Å². The molecule has 0 amide bonds. The minimum Gasteiger partial charge on any atom is -0.326 e. The van der Waals surface area contributed by atoms with Crippen LogP contribution in [0.25, 0.3) is 0 Å². The van der Waals surface area contributed by atoms with Crippen LogP contribution in [-0.2, 0) is 16.6 Å². The number of piperidine rings is 1. The monoisotopic (exact) mass is 308 g/mol. The predicted octanol–water partition coefficient (Wildman–Crippen LogP) is 2.35. The number of nitrogens with two attached hydrogens (primary N) is 1. The van der Waals surface area contributed by atoms with Gasteiger partial charge in [-0.3, -0.25) is 0 Å². The van der Waals surface area contributed by atoms with E-state index in [4.69, 9.17) is 5.73 Å². The van der Waals surface area contributed by atoms with Crippen molar-refractivity contribution in [3.63, 3.8) is 0 Å². The highest BCUT2D eigenvalue weighted by Crippen LogP contribution is 2.37. The molecule has 4 nitrogen and oxygen atoms in total. The maximum atomic E-state index is 12.9. The van der Waals surface area contributed by atoms with E-state index in [2.05, 4.69) is 0 Å². The maximum Gasteiger partial charge on any atom is 0.243 e. The van der Waals surface area contributed by atoms with Crippen LogP contribution < -0.4 is 5.73 Å². The lowest BCUT2D eigenvalue weighted by atomic mass is 9.76. The second kappa shape index (κ2) is 6.07. The number of rotatable bonds is 3. The molecule has 0 spiro atoms. The fourth-order valence-corrected chi connectivity index (χ4v) is 5.59. The average Bonchev–Trinajstić information content (AvgIpc) is 2.54. The van der Waals surface area contributed by atoms with E-state index < -0.39 is 10.0 Å². The van der Waals surface area contributed by atoms with Crippen molar-refractivity contribution in [2.75, 3.05) is 13.1 Å². The summed E-state index contributed by atoms with van der Waals surface area (Å²) in [6, 6.07) is 7.11. The normalized spacial score (nSPS) is 27.3. The molecule has 2 fully saturated rings. The summed E-state index contributed by atoms with van der Waals surface area (Å²) in [7, 11) is -3.40. The van der Waals surface area contributed by atoms with E-state index in [0.717, 1.165) is 12.3 Å². The van der Waals surface area contributed by atoms with Gasteiger partial charge in [0.05, 0.1) is 4.90 Å². The van der Waals surface area contributed by atoms with Gasteiger partial charge in [0.25, 0.3) is 0 Å². The van der Waals surface area contributed by atoms with Crippen molar-refractivity contribution in [3.8, 4) is 0 Å². The van der Waals surface area contributed by atoms with Crippen LogP contribution in [0.15, 0.2) is 29.2 Å². The smallest absolute Gasteiger partial charge is 0.243 e. The van der Waals surface area contributed by atoms with Gasteiger partial charge in [-0.2, -0.15) is 4.31 Å². The first kappa shape index (κ1) is 15.0. The van der Waals surface area contributed by atoms with Crippen molar-refractivity contribution < 1.29 is 8.42 Å². The molecular formula is C16H24N2O2S. The molecule has 1 aliphatic carbocycles. The Bertz CT molecular complexity index is 600. The van der Waals surface area contributed by atoms with Crippen molar-refractivity contribution in [1.29, 1.82) is 0 Å². The number of hydrogen-bond donors (Lipinski definition) is 1. The molecule has 5 heteroatoms. The molecule has 2 unspecified atom stereocenters. The van der Waals surface area contributed by atoms with Crippen molar-refractivity contribution >= 4 is 10.0 Å². The Hall–Kier alpha value is -0.910. The van der Waals surface area contributed by atoms with Crippen LogP contribution in [0.4, 0.5) is 0 Å². The summed E-state index contributed by atoms with van der Waals surface area (Å²) in [5.41, 5.74) is 6.41. The quantitative estimate of drug-likeness (QED) is 0.932. The van der Waals surface area contributed by atoms with Crippen LogP contribution in [0.2, 0.25) is 0 Å². The first-order chi connectivity index (χ1) is 10.1. The van der Waals surface area contributed by atoms with E-state index in [1.54, 1.807) is 22.5 Å². The van der Waals surface area contributed by atoms with Gasteiger partial charge < -0.3 is 5.73 Å². The molecule has 116 valence electrons. The number of nitrogens with zero attached hydrogens (tertiary/aromatic N) is 1. The Kier molecular flexibility index (Phi) is 4.33. The summed E-state index contributed by atoms with van der Waals surface area (Å²) >= 11 is 0. The summed E-state index contributed by atoms with van der Waals surface area (Å²) < 4.78 is 27.5. The highest BCUT2D eigenvalue weighted by Gasteiger charge is 2.36. The molecule has 2 N–H and O–H groups in total. The lowest BCUT2D eigenvalue weighted by Crippen LogP contribution is -2.44. The Labute approximate surface area is 127 Å². The van der Waals surface area contributed by atoms with Crippen LogP contribution in [0.3, 0.4) is 0 Å². The largest absolute Gasteiger partial charge is 0.326 e. The third kappa shape index (κ3) is 2.87. The zero-order valence-electron chi connectivity index (χ0n) is 12.4. The van der Waals surface area contributed by atoms with E-state index >= 15 is 0 Å². The second-order valence-corrected chi connectivity index (χ2v) is 8.17. The second-order valence-electron chi connectivity index (χ2n) is 6.27. The first-order valence-corrected chi connectivity index (χ1v) is 9.35. The standard InChI is InChI=1S/C16H24N2O2S/c17-11-14-6-3-4-8-16(14)21(19,20)18-10-9-13-5-1-2-7-15(13)12-18/h3-4,6,8,13,15H,1-2,5,7,9-12,17H2. The third-order valence-electron chi connectivity index (χ3n) is 5.06. The highest BCUT2D eigenvalue weighted by atomic mass is 32.2. The van der Waals surface area contributed by atoms with E-state index in [0.29, 0.717) is 29.5 Å². The van der Waals surface area contributed by atoms with Gasteiger partial charge in [0.1, 0.15) is 0 Å². The Balaban J connectivity index is 1.85. The van der Waals surface area contributed by atoms with Crippen LogP contribution in [0.1, 0.15) is 37.7 Å². The molecule has 1 saturated carbocycles. The average molecular weight is 308 g/mol. The molecule has 0 aromatic heterocycles. The first-order valence-electron chi connectivity index (χ1n) is 7.91. The van der Waals surface area contributed by atoms with Crippen LogP contribution in [0.5, 0.6) is 0 Å². The molecule has 1 aromatic rings. The predicted molar refractivity (Wildman–Crippen MR) is 83.2 cm³/mol. The summed E-state index contributed by atoms with van der Waals surface area (Å²) in [6.07, 6.45) is 6.01. The number of benzene rings is 1. The molecule has 2 atom stereocenters. The fraction of sp³-hybridized carbons (Fsp3) is 0.625. The van der Waals surface area contributed by atoms with Gasteiger partial charge in [0.2, 0.25) is 10.0 Å². The topological polar surface area (TPSA) is 63.4 Å². The molecular weight excluding hydrogens is 284 g/mol. The summed E-state index contributed by atoms with van der Waals surface area (Å²) in [5.74, 6) is 1.28. The number of sulfonamides is 1. The minimum absolute atomic E-state index is 0.259. The minimum atomic E-state index is -3.40. The molecule has 0 bridgehead atoms. The molecule has 21 heavy (non-hydrogen) atoms. The molecule has 1 aromatic carbocycles. The van der Waals surface area contributed by atoms with Gasteiger partial charge in [-0.25, -0.2) is 8.42 Å². The van der Waals surface area contributed by atoms with Crippen molar-refractivity contribution in [1.82, 2.24) is 4.31 Å². The Morgan fingerprint density at radius 1 is 1.10 bits per heavy atom. The van der Waals surface area contributed by atoms with Crippen LogP contribution >= 0.6 is 0 Å². The van der Waals surface area contributed by atoms with E-state index in [1.165, 1.54) is 25.7 Å². The van der Waals surface area contributed by atoms with Crippen molar-refractivity contribution in [2.45, 2.75) is 43.5 Å². The Morgan fingerprint density at radius 2 is 1.81 bits per heavy atom. The SMILES string of the molecule is NCc1ccccc1S(=O)(=O)N1CCC2CCCCC2C1. The lowest BCUT2D eigenvalue weighted by molar-refractivity contribution is 0.136. The highest BCUT2D eigenvalue weighted by molar-refractivity contribution is 7.89. The molecule has 1 aliphatic heterocycles. The van der Waals surface area contributed by atoms with Crippen LogP contribution in [0, 0.1) is 11.8 Å². The molecule has 2 aliphatic rings. The summed E-state index contributed by atoms with van der Waals surface area (Å²) in [4.78, 5) is 0.391. The van der Waals surface area contributed by atoms with Gasteiger partial charge >= 0.3 is 0 Å². The Morgan fingerprint density at radius 3 is 2.57 bits per heavy atom. The van der Waals surface area contributed by atoms with Gasteiger partial charge in [-0.1, -0.05) is 37.5 Å². The lowest BCUT2D eigenvalue weighted by Gasteiger charge is -2.40. The van der Waals surface area contributed by atoms with Gasteiger partial charge in [-0.15, -0.1) is 0 Å². The third-order valence-corrected chi connectivity index (χ3v) is 7.03. The van der Waals surface area contributed by atoms with E-state index in [-0.39, 0.29) is 6.54 Å². The molecule has 1 heterocycles. The molecule has 1 saturated heterocycles. The molecule has 3 rings (SSSR count). The number of hydrogen-bond acceptors (Lipinski definition) is 3. The maximum absolute atomic E-state index is 12.9. The molecule has 0 radical (unpaired) electrons. The van der Waals surface area contributed by atoms with E-state index in [1.807, 2.05) is 6.07 Å². The summed E-state index contributed by atoms with van der Waals surface area (Å²) in [6.45, 7) is 1.60. The zero-order chi connectivity index (χ0) is 14.9. The van der Waals surface area contributed by atoms with Crippen LogP contribution in [-0.4, -0.2) is 25.8 Å². The van der Waals surface area contributed by atoms with E-state index in [9.17, 15) is 8.42 Å². The van der Waals surface area contributed by atoms with Crippen molar-refractivity contribution in [3.05, 3.63) is 29.8 Å². The zero-order valence-corrected chi connectivity index (χ0v) is 13.2. The fourth-order valence-electron chi connectivity index (χ4n) is 3.85. The summed E-state index contributed by atoms with van der Waals surface area (Å²) in [5, 5.41) is 0. The van der Waals surface area contributed by atoms with Gasteiger partial charge in [0, 0.05) is 19.6 Å².